The summed E-state index contributed by atoms with van der Waals surface area (Å²) in [7, 11) is 0. The molecule has 1 aliphatic heterocycles. The van der Waals surface area contributed by atoms with Gasteiger partial charge in [-0.05, 0) is 44.0 Å². The quantitative estimate of drug-likeness (QED) is 0.943. The maximum Gasteiger partial charge on any atom is 0.250 e. The lowest BCUT2D eigenvalue weighted by Gasteiger charge is -2.21. The third kappa shape index (κ3) is 3.02. The highest BCUT2D eigenvalue weighted by molar-refractivity contribution is 5.98. The van der Waals surface area contributed by atoms with Crippen LogP contribution in [0.15, 0.2) is 42.6 Å². The first-order chi connectivity index (χ1) is 10.6. The van der Waals surface area contributed by atoms with Gasteiger partial charge in [0.1, 0.15) is 0 Å². The molecule has 1 atom stereocenters. The molecule has 4 nitrogen and oxygen atoms in total. The summed E-state index contributed by atoms with van der Waals surface area (Å²) < 4.78 is 0. The summed E-state index contributed by atoms with van der Waals surface area (Å²) >= 11 is 0. The number of aromatic nitrogens is 1. The number of amides is 1. The lowest BCUT2D eigenvalue weighted by Crippen LogP contribution is -2.26. The summed E-state index contributed by atoms with van der Waals surface area (Å²) in [6, 6.07) is 12.4. The Bertz CT molecular complexity index is 666. The molecule has 114 valence electrons. The molecule has 0 aliphatic carbocycles. The molecule has 2 N–H and O–H groups in total. The van der Waals surface area contributed by atoms with Crippen molar-refractivity contribution in [1.82, 2.24) is 9.88 Å². The number of benzene rings is 1. The predicted octanol–water partition coefficient (Wildman–Crippen LogP) is 2.83. The Morgan fingerprint density at radius 1 is 1.32 bits per heavy atom. The number of likely N-dealkylation sites (tertiary alicyclic amines) is 1. The van der Waals surface area contributed by atoms with E-state index in [1.807, 2.05) is 12.1 Å². The predicted molar refractivity (Wildman–Crippen MR) is 87.3 cm³/mol. The number of carbonyl (C=O) groups excluding carboxylic acids is 1. The van der Waals surface area contributed by atoms with Gasteiger partial charge in [0.15, 0.2) is 0 Å². The van der Waals surface area contributed by atoms with E-state index >= 15 is 0 Å². The van der Waals surface area contributed by atoms with Gasteiger partial charge in [0.25, 0.3) is 5.91 Å². The molecule has 2 heterocycles. The monoisotopic (exact) mass is 295 g/mol. The maximum absolute atomic E-state index is 11.5. The smallest absolute Gasteiger partial charge is 0.250 e. The first-order valence-electron chi connectivity index (χ1n) is 7.73. The van der Waals surface area contributed by atoms with Crippen molar-refractivity contribution >= 4 is 5.91 Å². The molecule has 0 saturated carbocycles. The molecule has 1 aliphatic rings. The van der Waals surface area contributed by atoms with Gasteiger partial charge in [-0.3, -0.25) is 14.7 Å². The molecule has 1 amide bonds. The topological polar surface area (TPSA) is 59.2 Å². The van der Waals surface area contributed by atoms with E-state index < -0.39 is 5.91 Å². The van der Waals surface area contributed by atoms with Crippen molar-refractivity contribution in [3.8, 4) is 11.3 Å². The Morgan fingerprint density at radius 2 is 2.09 bits per heavy atom. The van der Waals surface area contributed by atoms with Gasteiger partial charge >= 0.3 is 0 Å². The van der Waals surface area contributed by atoms with Gasteiger partial charge in [0, 0.05) is 24.3 Å². The highest BCUT2D eigenvalue weighted by Crippen LogP contribution is 2.23. The minimum absolute atomic E-state index is 0.446. The van der Waals surface area contributed by atoms with Gasteiger partial charge in [-0.1, -0.05) is 24.3 Å². The van der Waals surface area contributed by atoms with E-state index in [0.29, 0.717) is 17.3 Å². The molecule has 0 radical (unpaired) electrons. The van der Waals surface area contributed by atoms with Crippen molar-refractivity contribution in [2.75, 3.05) is 6.54 Å². The van der Waals surface area contributed by atoms with Gasteiger partial charge in [-0.15, -0.1) is 0 Å². The minimum atomic E-state index is -0.446. The summed E-state index contributed by atoms with van der Waals surface area (Å²) in [5.74, 6) is -0.446. The Hall–Kier alpha value is -2.20. The highest BCUT2D eigenvalue weighted by atomic mass is 16.1. The van der Waals surface area contributed by atoms with Crippen LogP contribution in [0.2, 0.25) is 0 Å². The van der Waals surface area contributed by atoms with Gasteiger partial charge < -0.3 is 5.73 Å². The average molecular weight is 295 g/mol. The van der Waals surface area contributed by atoms with Crippen LogP contribution in [0.4, 0.5) is 0 Å². The SMILES string of the molecule is C[C@@H]1CCCN1Cc1ccc(-c2ncccc2C(N)=O)cc1. The number of pyridine rings is 1. The van der Waals surface area contributed by atoms with Crippen molar-refractivity contribution < 1.29 is 4.79 Å². The molecular weight excluding hydrogens is 274 g/mol. The number of nitrogens with two attached hydrogens (primary N) is 1. The molecular formula is C18H21N3O. The number of hydrogen-bond donors (Lipinski definition) is 1. The van der Waals surface area contributed by atoms with E-state index in [-0.39, 0.29) is 0 Å². The lowest BCUT2D eigenvalue weighted by molar-refractivity contribution is 0.100. The molecule has 4 heteroatoms. The number of rotatable bonds is 4. The second kappa shape index (κ2) is 6.28. The van der Waals surface area contributed by atoms with E-state index in [1.54, 1.807) is 18.3 Å². The molecule has 3 rings (SSSR count). The maximum atomic E-state index is 11.5. The third-order valence-electron chi connectivity index (χ3n) is 4.38. The first kappa shape index (κ1) is 14.7. The molecule has 1 saturated heterocycles. The summed E-state index contributed by atoms with van der Waals surface area (Å²) in [6.45, 7) is 4.44. The van der Waals surface area contributed by atoms with Crippen molar-refractivity contribution in [2.24, 2.45) is 5.73 Å². The molecule has 1 fully saturated rings. The Labute approximate surface area is 131 Å². The van der Waals surface area contributed by atoms with Crippen molar-refractivity contribution in [3.63, 3.8) is 0 Å². The van der Waals surface area contributed by atoms with Crippen LogP contribution >= 0.6 is 0 Å². The molecule has 1 aromatic carbocycles. The van der Waals surface area contributed by atoms with Crippen LogP contribution < -0.4 is 5.73 Å². The number of hydrogen-bond acceptors (Lipinski definition) is 3. The van der Waals surface area contributed by atoms with E-state index in [9.17, 15) is 4.79 Å². The Morgan fingerprint density at radius 3 is 2.73 bits per heavy atom. The van der Waals surface area contributed by atoms with E-state index in [0.717, 1.165) is 12.1 Å². The fraction of sp³-hybridized carbons (Fsp3) is 0.333. The highest BCUT2D eigenvalue weighted by Gasteiger charge is 2.20. The molecule has 22 heavy (non-hydrogen) atoms. The minimum Gasteiger partial charge on any atom is -0.366 e. The molecule has 0 unspecified atom stereocenters. The summed E-state index contributed by atoms with van der Waals surface area (Å²) in [4.78, 5) is 18.3. The normalized spacial score (nSPS) is 18.5. The van der Waals surface area contributed by atoms with Crippen molar-refractivity contribution in [2.45, 2.75) is 32.4 Å². The fourth-order valence-electron chi connectivity index (χ4n) is 3.06. The summed E-state index contributed by atoms with van der Waals surface area (Å²) in [6.07, 6.45) is 4.25. The van der Waals surface area contributed by atoms with Crippen LogP contribution in [0.1, 0.15) is 35.7 Å². The van der Waals surface area contributed by atoms with Gasteiger partial charge in [-0.25, -0.2) is 0 Å². The van der Waals surface area contributed by atoms with Crippen LogP contribution in [0, 0.1) is 0 Å². The van der Waals surface area contributed by atoms with E-state index in [1.165, 1.54) is 24.9 Å². The zero-order chi connectivity index (χ0) is 15.5. The standard InChI is InChI=1S/C18H21N3O/c1-13-4-3-11-21(13)12-14-6-8-15(9-7-14)17-16(18(19)22)5-2-10-20-17/h2,5-10,13H,3-4,11-12H2,1H3,(H2,19,22)/t13-/m1/s1. The molecule has 0 spiro atoms. The van der Waals surface area contributed by atoms with Crippen LogP contribution in [0.3, 0.4) is 0 Å². The van der Waals surface area contributed by atoms with Crippen LogP contribution in [-0.2, 0) is 6.54 Å². The molecule has 1 aromatic heterocycles. The second-order valence-electron chi connectivity index (χ2n) is 5.92. The fourth-order valence-corrected chi connectivity index (χ4v) is 3.06. The second-order valence-corrected chi connectivity index (χ2v) is 5.92. The number of carbonyl (C=O) groups is 1. The molecule has 2 aromatic rings. The lowest BCUT2D eigenvalue weighted by atomic mass is 10.0. The van der Waals surface area contributed by atoms with E-state index in [2.05, 4.69) is 28.9 Å². The average Bonchev–Trinajstić information content (AvgIpc) is 2.93. The van der Waals surface area contributed by atoms with Gasteiger partial charge in [0.2, 0.25) is 0 Å². The summed E-state index contributed by atoms with van der Waals surface area (Å²) in [5, 5.41) is 0. The third-order valence-corrected chi connectivity index (χ3v) is 4.38. The van der Waals surface area contributed by atoms with Crippen LogP contribution in [0.25, 0.3) is 11.3 Å². The van der Waals surface area contributed by atoms with Crippen molar-refractivity contribution in [3.05, 3.63) is 53.7 Å². The van der Waals surface area contributed by atoms with Crippen molar-refractivity contribution in [1.29, 1.82) is 0 Å². The first-order valence-corrected chi connectivity index (χ1v) is 7.73. The molecule has 0 bridgehead atoms. The largest absolute Gasteiger partial charge is 0.366 e. The summed E-state index contributed by atoms with van der Waals surface area (Å²) in [5.41, 5.74) is 8.74. The zero-order valence-electron chi connectivity index (χ0n) is 12.8. The number of primary amides is 1. The van der Waals surface area contributed by atoms with Gasteiger partial charge in [-0.2, -0.15) is 0 Å². The van der Waals surface area contributed by atoms with E-state index in [4.69, 9.17) is 5.73 Å². The Balaban J connectivity index is 1.81. The number of nitrogens with zero attached hydrogens (tertiary/aromatic N) is 2. The van der Waals surface area contributed by atoms with Crippen LogP contribution in [0.5, 0.6) is 0 Å². The van der Waals surface area contributed by atoms with Crippen LogP contribution in [-0.4, -0.2) is 28.4 Å². The van der Waals surface area contributed by atoms with Gasteiger partial charge in [0.05, 0.1) is 11.3 Å². The Kier molecular flexibility index (Phi) is 4.20. The zero-order valence-corrected chi connectivity index (χ0v) is 12.8.